The van der Waals surface area contributed by atoms with Gasteiger partial charge in [0, 0.05) is 25.1 Å². The molecule has 0 saturated heterocycles. The van der Waals surface area contributed by atoms with Gasteiger partial charge in [0.15, 0.2) is 0 Å². The van der Waals surface area contributed by atoms with Crippen LogP contribution in [0, 0.1) is 12.8 Å². The van der Waals surface area contributed by atoms with E-state index in [0.717, 1.165) is 30.4 Å². The van der Waals surface area contributed by atoms with Gasteiger partial charge in [-0.15, -0.1) is 0 Å². The van der Waals surface area contributed by atoms with Crippen LogP contribution in [0.15, 0.2) is 24.5 Å². The first-order chi connectivity index (χ1) is 10.7. The van der Waals surface area contributed by atoms with E-state index in [4.69, 9.17) is 4.74 Å². The summed E-state index contributed by atoms with van der Waals surface area (Å²) < 4.78 is 5.34. The highest BCUT2D eigenvalue weighted by Gasteiger charge is 2.28. The van der Waals surface area contributed by atoms with Crippen molar-refractivity contribution in [1.29, 1.82) is 0 Å². The lowest BCUT2D eigenvalue weighted by Gasteiger charge is -2.31. The van der Waals surface area contributed by atoms with E-state index in [-0.39, 0.29) is 0 Å². The van der Waals surface area contributed by atoms with E-state index in [0.29, 0.717) is 6.04 Å². The molecule has 4 nitrogen and oxygen atoms in total. The van der Waals surface area contributed by atoms with Crippen molar-refractivity contribution < 1.29 is 4.74 Å². The van der Waals surface area contributed by atoms with Gasteiger partial charge in [0.05, 0.1) is 12.1 Å². The molecule has 1 aliphatic rings. The molecule has 118 valence electrons. The number of aryl methyl sites for hydroxylation is 1. The number of methoxy groups -OCH3 is 1. The molecule has 1 aliphatic carbocycles. The molecule has 0 spiro atoms. The number of ether oxygens (including phenoxy) is 1. The lowest BCUT2D eigenvalue weighted by atomic mass is 10.1. The van der Waals surface area contributed by atoms with Crippen LogP contribution in [0.25, 0.3) is 10.9 Å². The Morgan fingerprint density at radius 1 is 1.27 bits per heavy atom. The summed E-state index contributed by atoms with van der Waals surface area (Å²) in [5, 5.41) is 1.18. The van der Waals surface area contributed by atoms with Gasteiger partial charge in [0.25, 0.3) is 0 Å². The summed E-state index contributed by atoms with van der Waals surface area (Å²) in [6.45, 7) is 6.09. The zero-order chi connectivity index (χ0) is 15.5. The number of fused-ring (bicyclic) bond motifs is 1. The molecule has 1 saturated carbocycles. The summed E-state index contributed by atoms with van der Waals surface area (Å²) in [4.78, 5) is 11.5. The van der Waals surface area contributed by atoms with Gasteiger partial charge in [-0.3, -0.25) is 0 Å². The lowest BCUT2D eigenvalue weighted by Crippen LogP contribution is -2.37. The highest BCUT2D eigenvalue weighted by atomic mass is 16.5. The third kappa shape index (κ3) is 2.93. The zero-order valence-corrected chi connectivity index (χ0v) is 13.7. The zero-order valence-electron chi connectivity index (χ0n) is 13.7. The Kier molecular flexibility index (Phi) is 4.57. The average molecular weight is 299 g/mol. The monoisotopic (exact) mass is 299 g/mol. The van der Waals surface area contributed by atoms with E-state index in [2.05, 4.69) is 46.9 Å². The molecule has 0 amide bonds. The average Bonchev–Trinajstić information content (AvgIpc) is 2.94. The molecule has 4 heteroatoms. The van der Waals surface area contributed by atoms with Crippen molar-refractivity contribution in [3.63, 3.8) is 0 Å². The summed E-state index contributed by atoms with van der Waals surface area (Å²) >= 11 is 0. The number of hydrogen-bond donors (Lipinski definition) is 0. The Morgan fingerprint density at radius 3 is 2.86 bits per heavy atom. The lowest BCUT2D eigenvalue weighted by molar-refractivity contribution is 0.203. The number of anilines is 1. The maximum Gasteiger partial charge on any atom is 0.140 e. The molecule has 0 radical (unpaired) electrons. The summed E-state index contributed by atoms with van der Waals surface area (Å²) in [7, 11) is 1.76. The number of rotatable bonds is 5. The topological polar surface area (TPSA) is 38.2 Å². The minimum absolute atomic E-state index is 0.558. The van der Waals surface area contributed by atoms with Crippen LogP contribution in [0.4, 0.5) is 5.82 Å². The van der Waals surface area contributed by atoms with Crippen LogP contribution >= 0.6 is 0 Å². The largest absolute Gasteiger partial charge is 0.383 e. The van der Waals surface area contributed by atoms with Crippen molar-refractivity contribution >= 4 is 16.7 Å². The van der Waals surface area contributed by atoms with Crippen LogP contribution in [0.3, 0.4) is 0 Å². The van der Waals surface area contributed by atoms with Gasteiger partial charge in [-0.05, 0) is 43.7 Å². The second-order valence-corrected chi connectivity index (χ2v) is 6.42. The number of benzene rings is 1. The molecule has 2 atom stereocenters. The van der Waals surface area contributed by atoms with Crippen molar-refractivity contribution in [3.05, 3.63) is 30.1 Å². The molecular formula is C18H25N3O. The fourth-order valence-corrected chi connectivity index (χ4v) is 3.59. The number of hydrogen-bond acceptors (Lipinski definition) is 4. The molecule has 1 aromatic carbocycles. The molecule has 2 aromatic rings. The van der Waals surface area contributed by atoms with Crippen LogP contribution in [-0.4, -0.2) is 36.3 Å². The van der Waals surface area contributed by atoms with Crippen molar-refractivity contribution in [2.24, 2.45) is 5.92 Å². The summed E-state index contributed by atoms with van der Waals surface area (Å²) in [6, 6.07) is 6.83. The Hall–Kier alpha value is -1.68. The van der Waals surface area contributed by atoms with Crippen LogP contribution in [-0.2, 0) is 4.74 Å². The minimum atomic E-state index is 0.558. The third-order valence-electron chi connectivity index (χ3n) is 4.77. The van der Waals surface area contributed by atoms with Gasteiger partial charge in [0.1, 0.15) is 12.1 Å². The van der Waals surface area contributed by atoms with Crippen molar-refractivity contribution in [2.75, 3.05) is 25.2 Å². The first kappa shape index (κ1) is 15.2. The summed E-state index contributed by atoms with van der Waals surface area (Å²) in [6.07, 6.45) is 5.47. The number of nitrogens with zero attached hydrogens (tertiary/aromatic N) is 3. The number of aromatic nitrogens is 2. The van der Waals surface area contributed by atoms with Crippen LogP contribution in [0.5, 0.6) is 0 Å². The van der Waals surface area contributed by atoms with Gasteiger partial charge in [-0.2, -0.15) is 0 Å². The Bertz CT molecular complexity index is 638. The van der Waals surface area contributed by atoms with Gasteiger partial charge in [-0.25, -0.2) is 9.97 Å². The summed E-state index contributed by atoms with van der Waals surface area (Å²) in [5.41, 5.74) is 2.26. The van der Waals surface area contributed by atoms with Crippen molar-refractivity contribution in [1.82, 2.24) is 9.97 Å². The standard InChI is InChI=1S/C18H25N3O/c1-13-7-8-15(11-13)21(9-10-22-3)18-17-14(2)5-4-6-16(17)19-12-20-18/h4-6,12-13,15H,7-11H2,1-3H3. The molecule has 0 N–H and O–H groups in total. The molecular weight excluding hydrogens is 274 g/mol. The first-order valence-electron chi connectivity index (χ1n) is 8.16. The van der Waals surface area contributed by atoms with Crippen LogP contribution < -0.4 is 4.90 Å². The van der Waals surface area contributed by atoms with E-state index in [1.54, 1.807) is 13.4 Å². The first-order valence-corrected chi connectivity index (χ1v) is 8.16. The van der Waals surface area contributed by atoms with E-state index in [1.807, 2.05) is 0 Å². The Labute approximate surface area is 132 Å². The second kappa shape index (κ2) is 6.61. The predicted octanol–water partition coefficient (Wildman–Crippen LogP) is 3.58. The molecule has 0 bridgehead atoms. The maximum atomic E-state index is 5.34. The Morgan fingerprint density at radius 2 is 2.14 bits per heavy atom. The SMILES string of the molecule is COCCN(c1ncnc2cccc(C)c12)C1CCC(C)C1. The van der Waals surface area contributed by atoms with E-state index < -0.39 is 0 Å². The molecule has 1 fully saturated rings. The van der Waals surface area contributed by atoms with Gasteiger partial charge in [0.2, 0.25) is 0 Å². The van der Waals surface area contributed by atoms with Gasteiger partial charge >= 0.3 is 0 Å². The van der Waals surface area contributed by atoms with Crippen molar-refractivity contribution in [3.8, 4) is 0 Å². The molecule has 22 heavy (non-hydrogen) atoms. The second-order valence-electron chi connectivity index (χ2n) is 6.42. The van der Waals surface area contributed by atoms with E-state index in [9.17, 15) is 0 Å². The molecule has 1 aromatic heterocycles. The van der Waals surface area contributed by atoms with Crippen molar-refractivity contribution in [2.45, 2.75) is 39.2 Å². The van der Waals surface area contributed by atoms with E-state index >= 15 is 0 Å². The maximum absolute atomic E-state index is 5.34. The quantitative estimate of drug-likeness (QED) is 0.846. The fourth-order valence-electron chi connectivity index (χ4n) is 3.59. The fraction of sp³-hybridized carbons (Fsp3) is 0.556. The highest BCUT2D eigenvalue weighted by molar-refractivity contribution is 5.92. The smallest absolute Gasteiger partial charge is 0.140 e. The highest BCUT2D eigenvalue weighted by Crippen LogP contribution is 2.34. The van der Waals surface area contributed by atoms with Gasteiger partial charge < -0.3 is 9.64 Å². The van der Waals surface area contributed by atoms with Gasteiger partial charge in [-0.1, -0.05) is 19.1 Å². The van der Waals surface area contributed by atoms with Crippen LogP contribution in [0.1, 0.15) is 31.7 Å². The minimum Gasteiger partial charge on any atom is -0.383 e. The third-order valence-corrected chi connectivity index (χ3v) is 4.77. The summed E-state index contributed by atoms with van der Waals surface area (Å²) in [5.74, 6) is 1.86. The van der Waals surface area contributed by atoms with E-state index in [1.165, 1.54) is 30.2 Å². The molecule has 2 unspecified atom stereocenters. The Balaban J connectivity index is 2.03. The normalized spacial score (nSPS) is 21.4. The molecule has 0 aliphatic heterocycles. The molecule has 1 heterocycles. The molecule has 3 rings (SSSR count). The predicted molar refractivity (Wildman–Crippen MR) is 90.3 cm³/mol. The van der Waals surface area contributed by atoms with Crippen LogP contribution in [0.2, 0.25) is 0 Å².